The van der Waals surface area contributed by atoms with E-state index in [4.69, 9.17) is 11.6 Å². The van der Waals surface area contributed by atoms with E-state index in [-0.39, 0.29) is 0 Å². The van der Waals surface area contributed by atoms with Gasteiger partial charge in [0.05, 0.1) is 23.1 Å². The van der Waals surface area contributed by atoms with Crippen LogP contribution in [0.4, 0.5) is 16.2 Å². The molecule has 0 aliphatic carbocycles. The number of fused-ring (bicyclic) bond motifs is 2. The molecule has 1 atom stereocenters. The van der Waals surface area contributed by atoms with Crippen LogP contribution >= 0.6 is 11.6 Å². The topological polar surface area (TPSA) is 81.2 Å². The number of hydrogen-bond acceptors (Lipinski definition) is 3. The van der Waals surface area contributed by atoms with Crippen molar-refractivity contribution in [1.29, 1.82) is 0 Å². The molecule has 3 aromatic rings. The van der Waals surface area contributed by atoms with E-state index in [2.05, 4.69) is 15.5 Å². The van der Waals surface area contributed by atoms with Crippen LogP contribution < -0.4 is 10.2 Å². The minimum absolute atomic E-state index is 0.420. The van der Waals surface area contributed by atoms with Crippen molar-refractivity contribution >= 4 is 39.9 Å². The summed E-state index contributed by atoms with van der Waals surface area (Å²) in [5.41, 5.74) is 2.63. The molecule has 1 unspecified atom stereocenters. The molecule has 2 aromatic carbocycles. The molecular weight excluding hydrogens is 304 g/mol. The normalized spacial score (nSPS) is 17.5. The summed E-state index contributed by atoms with van der Waals surface area (Å²) in [7, 11) is 0. The third kappa shape index (κ3) is 1.85. The number of amides is 2. The Morgan fingerprint density at radius 2 is 2.09 bits per heavy atom. The Balaban J connectivity index is 1.99. The molecule has 4 rings (SSSR count). The minimum Gasteiger partial charge on any atom is -0.369 e. The van der Waals surface area contributed by atoms with Crippen molar-refractivity contribution in [3.05, 3.63) is 53.2 Å². The summed E-state index contributed by atoms with van der Waals surface area (Å²) in [5, 5.41) is 20.8. The number of anilines is 2. The number of benzene rings is 2. The standard InChI is InChI=1S/C15H11ClN4O2/c16-8-4-5-9-13(6-8)20(15(22)18-14(9)21)12-3-1-2-11-10(12)7-17-19-11/h1-7,14,21H,(H,17,19)(H,18,22). The number of hydrogen-bond donors (Lipinski definition) is 3. The quantitative estimate of drug-likeness (QED) is 0.645. The zero-order valence-corrected chi connectivity index (χ0v) is 12.0. The fraction of sp³-hybridized carbons (Fsp3) is 0.0667. The van der Waals surface area contributed by atoms with Gasteiger partial charge in [-0.25, -0.2) is 4.79 Å². The SMILES string of the molecule is O=C1NC(O)c2ccc(Cl)cc2N1c1cccc2[nH]ncc12. The molecule has 7 heteroatoms. The van der Waals surface area contributed by atoms with Crippen LogP contribution in [0.2, 0.25) is 5.02 Å². The number of carbonyl (C=O) groups is 1. The summed E-state index contributed by atoms with van der Waals surface area (Å²) in [6.07, 6.45) is 0.604. The van der Waals surface area contributed by atoms with Gasteiger partial charge in [0.25, 0.3) is 0 Å². The molecule has 1 aliphatic rings. The van der Waals surface area contributed by atoms with E-state index in [1.807, 2.05) is 18.2 Å². The van der Waals surface area contributed by atoms with Gasteiger partial charge in [-0.1, -0.05) is 23.7 Å². The summed E-state index contributed by atoms with van der Waals surface area (Å²) in [5.74, 6) is 0. The van der Waals surface area contributed by atoms with Crippen LogP contribution in [-0.4, -0.2) is 21.3 Å². The van der Waals surface area contributed by atoms with E-state index in [9.17, 15) is 9.90 Å². The Bertz CT molecular complexity index is 892. The lowest BCUT2D eigenvalue weighted by molar-refractivity contribution is 0.141. The zero-order chi connectivity index (χ0) is 15.3. The summed E-state index contributed by atoms with van der Waals surface area (Å²) in [6, 6.07) is 10.1. The Morgan fingerprint density at radius 1 is 1.23 bits per heavy atom. The largest absolute Gasteiger partial charge is 0.369 e. The second-order valence-corrected chi connectivity index (χ2v) is 5.44. The fourth-order valence-corrected chi connectivity index (χ4v) is 2.86. The van der Waals surface area contributed by atoms with E-state index in [1.165, 1.54) is 4.90 Å². The molecule has 110 valence electrons. The maximum absolute atomic E-state index is 12.4. The molecule has 0 spiro atoms. The van der Waals surface area contributed by atoms with Crippen LogP contribution in [0, 0.1) is 0 Å². The van der Waals surface area contributed by atoms with Crippen molar-refractivity contribution in [3.8, 4) is 0 Å². The Morgan fingerprint density at radius 3 is 2.95 bits per heavy atom. The molecule has 0 fully saturated rings. The molecule has 0 bridgehead atoms. The Labute approximate surface area is 130 Å². The van der Waals surface area contributed by atoms with Gasteiger partial charge in [0.15, 0.2) is 6.23 Å². The van der Waals surface area contributed by atoms with E-state index in [1.54, 1.807) is 24.4 Å². The predicted octanol–water partition coefficient (Wildman–Crippen LogP) is 3.07. The van der Waals surface area contributed by atoms with Gasteiger partial charge < -0.3 is 10.4 Å². The average molecular weight is 315 g/mol. The minimum atomic E-state index is -1.06. The molecule has 1 aromatic heterocycles. The predicted molar refractivity (Wildman–Crippen MR) is 83.2 cm³/mol. The van der Waals surface area contributed by atoms with Gasteiger partial charge >= 0.3 is 6.03 Å². The summed E-state index contributed by atoms with van der Waals surface area (Å²) < 4.78 is 0. The molecule has 0 saturated carbocycles. The molecular formula is C15H11ClN4O2. The van der Waals surface area contributed by atoms with Gasteiger partial charge in [-0.15, -0.1) is 0 Å². The molecule has 6 nitrogen and oxygen atoms in total. The maximum Gasteiger partial charge on any atom is 0.328 e. The Kier molecular flexibility index (Phi) is 2.82. The number of urea groups is 1. The number of aromatic nitrogens is 2. The lowest BCUT2D eigenvalue weighted by atomic mass is 10.1. The van der Waals surface area contributed by atoms with Gasteiger partial charge in [0.2, 0.25) is 0 Å². The van der Waals surface area contributed by atoms with Gasteiger partial charge in [0, 0.05) is 16.0 Å². The second kappa shape index (κ2) is 4.72. The van der Waals surface area contributed by atoms with Gasteiger partial charge in [-0.2, -0.15) is 5.10 Å². The highest BCUT2D eigenvalue weighted by Gasteiger charge is 2.31. The number of aliphatic hydroxyl groups excluding tert-OH is 1. The molecule has 2 heterocycles. The van der Waals surface area contributed by atoms with E-state index >= 15 is 0 Å². The number of nitrogens with one attached hydrogen (secondary N) is 2. The van der Waals surface area contributed by atoms with Crippen LogP contribution in [-0.2, 0) is 0 Å². The number of aliphatic hydroxyl groups is 1. The molecule has 2 amide bonds. The molecule has 22 heavy (non-hydrogen) atoms. The highest BCUT2D eigenvalue weighted by atomic mass is 35.5. The van der Waals surface area contributed by atoms with Crippen molar-refractivity contribution in [2.24, 2.45) is 0 Å². The van der Waals surface area contributed by atoms with Gasteiger partial charge in [0.1, 0.15) is 0 Å². The number of nitrogens with zero attached hydrogens (tertiary/aromatic N) is 2. The highest BCUT2D eigenvalue weighted by Crippen LogP contribution is 2.39. The van der Waals surface area contributed by atoms with Crippen molar-refractivity contribution in [2.45, 2.75) is 6.23 Å². The first kappa shape index (κ1) is 13.1. The average Bonchev–Trinajstić information content (AvgIpc) is 2.96. The number of H-pyrrole nitrogens is 1. The zero-order valence-electron chi connectivity index (χ0n) is 11.2. The summed E-state index contributed by atoms with van der Waals surface area (Å²) >= 11 is 6.06. The van der Waals surface area contributed by atoms with E-state index in [0.29, 0.717) is 22.0 Å². The highest BCUT2D eigenvalue weighted by molar-refractivity contribution is 6.31. The lowest BCUT2D eigenvalue weighted by Crippen LogP contribution is -2.44. The summed E-state index contributed by atoms with van der Waals surface area (Å²) in [4.78, 5) is 13.9. The van der Waals surface area contributed by atoms with Crippen molar-refractivity contribution in [3.63, 3.8) is 0 Å². The third-order valence-corrected chi connectivity index (χ3v) is 3.93. The number of carbonyl (C=O) groups excluding carboxylic acids is 1. The van der Waals surface area contributed by atoms with Crippen molar-refractivity contribution in [2.75, 3.05) is 4.90 Å². The van der Waals surface area contributed by atoms with Crippen LogP contribution in [0.25, 0.3) is 10.9 Å². The van der Waals surface area contributed by atoms with Crippen LogP contribution in [0.15, 0.2) is 42.6 Å². The van der Waals surface area contributed by atoms with Crippen LogP contribution in [0.5, 0.6) is 0 Å². The van der Waals surface area contributed by atoms with E-state index in [0.717, 1.165) is 10.9 Å². The number of halogens is 1. The fourth-order valence-electron chi connectivity index (χ4n) is 2.70. The molecule has 0 saturated heterocycles. The van der Waals surface area contributed by atoms with Crippen molar-refractivity contribution < 1.29 is 9.90 Å². The number of aromatic amines is 1. The third-order valence-electron chi connectivity index (χ3n) is 3.69. The smallest absolute Gasteiger partial charge is 0.328 e. The van der Waals surface area contributed by atoms with E-state index < -0.39 is 12.3 Å². The van der Waals surface area contributed by atoms with Crippen LogP contribution in [0.1, 0.15) is 11.8 Å². The first-order chi connectivity index (χ1) is 10.6. The lowest BCUT2D eigenvalue weighted by Gasteiger charge is -2.33. The van der Waals surface area contributed by atoms with Crippen molar-refractivity contribution in [1.82, 2.24) is 15.5 Å². The van der Waals surface area contributed by atoms with Gasteiger partial charge in [-0.3, -0.25) is 10.00 Å². The number of rotatable bonds is 1. The molecule has 3 N–H and O–H groups in total. The van der Waals surface area contributed by atoms with Crippen LogP contribution in [0.3, 0.4) is 0 Å². The molecule has 0 radical (unpaired) electrons. The second-order valence-electron chi connectivity index (χ2n) is 5.00. The first-order valence-electron chi connectivity index (χ1n) is 6.65. The molecule has 1 aliphatic heterocycles. The maximum atomic E-state index is 12.4. The first-order valence-corrected chi connectivity index (χ1v) is 7.03. The van der Waals surface area contributed by atoms with Gasteiger partial charge in [-0.05, 0) is 24.3 Å². The Hall–Kier alpha value is -2.57. The summed E-state index contributed by atoms with van der Waals surface area (Å²) in [6.45, 7) is 0. The monoisotopic (exact) mass is 314 g/mol.